The van der Waals surface area contributed by atoms with Gasteiger partial charge in [-0.25, -0.2) is 0 Å². The van der Waals surface area contributed by atoms with E-state index < -0.39 is 0 Å². The molecule has 4 rings (SSSR count). The predicted octanol–water partition coefficient (Wildman–Crippen LogP) is 3.64. The van der Waals surface area contributed by atoms with Gasteiger partial charge in [0.1, 0.15) is 11.9 Å². The first kappa shape index (κ1) is 15.8. The number of methoxy groups -OCH3 is 1. The van der Waals surface area contributed by atoms with Crippen molar-refractivity contribution in [3.05, 3.63) is 65.3 Å². The smallest absolute Gasteiger partial charge is 0.162 e. The standard InChI is InChI=1S/C18H18ClN5O/c1-25-15-4-2-3-14(9-15)24-11-23(13-7-5-12(19)6-8-13)17(20)16-10-21-22-18(16)24/h2-10,17H,11,20H2,1H3,(H,21,22). The van der Waals surface area contributed by atoms with Crippen molar-refractivity contribution in [2.45, 2.75) is 6.17 Å². The lowest BCUT2D eigenvalue weighted by molar-refractivity contribution is 0.415. The van der Waals surface area contributed by atoms with Crippen molar-refractivity contribution in [1.82, 2.24) is 10.2 Å². The number of nitrogens with one attached hydrogen (secondary N) is 1. The van der Waals surface area contributed by atoms with E-state index in [1.165, 1.54) is 0 Å². The first-order chi connectivity index (χ1) is 12.2. The van der Waals surface area contributed by atoms with Gasteiger partial charge in [0.05, 0.1) is 19.3 Å². The second-order valence-electron chi connectivity index (χ2n) is 5.83. The van der Waals surface area contributed by atoms with Crippen molar-refractivity contribution < 1.29 is 4.74 Å². The van der Waals surface area contributed by atoms with Crippen molar-refractivity contribution in [2.24, 2.45) is 5.73 Å². The summed E-state index contributed by atoms with van der Waals surface area (Å²) in [6.07, 6.45) is 1.55. The fraction of sp³-hybridized carbons (Fsp3) is 0.167. The highest BCUT2D eigenvalue weighted by Crippen LogP contribution is 2.39. The SMILES string of the molecule is COc1cccc(N2CN(c3ccc(Cl)cc3)C(N)c3c[nH]nc32)c1. The van der Waals surface area contributed by atoms with E-state index in [1.807, 2.05) is 54.7 Å². The molecule has 0 aliphatic carbocycles. The van der Waals surface area contributed by atoms with Gasteiger partial charge >= 0.3 is 0 Å². The highest BCUT2D eigenvalue weighted by molar-refractivity contribution is 6.30. The van der Waals surface area contributed by atoms with Crippen LogP contribution in [0, 0.1) is 0 Å². The van der Waals surface area contributed by atoms with Crippen LogP contribution in [-0.2, 0) is 0 Å². The number of aromatic amines is 1. The number of hydrogen-bond donors (Lipinski definition) is 2. The number of benzene rings is 2. The van der Waals surface area contributed by atoms with Gasteiger partial charge in [-0.05, 0) is 36.4 Å². The van der Waals surface area contributed by atoms with Crippen molar-refractivity contribution in [1.29, 1.82) is 0 Å². The summed E-state index contributed by atoms with van der Waals surface area (Å²) in [6, 6.07) is 15.6. The molecule has 3 N–H and O–H groups in total. The number of H-pyrrole nitrogens is 1. The van der Waals surface area contributed by atoms with Crippen LogP contribution in [0.4, 0.5) is 17.2 Å². The summed E-state index contributed by atoms with van der Waals surface area (Å²) in [5.74, 6) is 1.62. The molecule has 0 saturated carbocycles. The first-order valence-corrected chi connectivity index (χ1v) is 8.28. The van der Waals surface area contributed by atoms with E-state index in [2.05, 4.69) is 20.0 Å². The summed E-state index contributed by atoms with van der Waals surface area (Å²) in [5.41, 5.74) is 9.40. The zero-order valence-electron chi connectivity index (χ0n) is 13.7. The quantitative estimate of drug-likeness (QED) is 0.750. The zero-order valence-corrected chi connectivity index (χ0v) is 14.4. The molecule has 1 aliphatic heterocycles. The molecule has 2 heterocycles. The van der Waals surface area contributed by atoms with Gasteiger partial charge < -0.3 is 20.3 Å². The van der Waals surface area contributed by atoms with Gasteiger partial charge in [0, 0.05) is 28.7 Å². The molecule has 6 nitrogen and oxygen atoms in total. The molecule has 1 atom stereocenters. The zero-order chi connectivity index (χ0) is 17.4. The molecule has 128 valence electrons. The Labute approximate surface area is 150 Å². The number of rotatable bonds is 3. The number of hydrogen-bond acceptors (Lipinski definition) is 5. The maximum absolute atomic E-state index is 6.48. The number of ether oxygens (including phenoxy) is 1. The third-order valence-corrected chi connectivity index (χ3v) is 4.63. The summed E-state index contributed by atoms with van der Waals surface area (Å²) >= 11 is 6.02. The van der Waals surface area contributed by atoms with Gasteiger partial charge in [0.25, 0.3) is 0 Å². The Hall–Kier alpha value is -2.70. The van der Waals surface area contributed by atoms with Crippen LogP contribution in [0.1, 0.15) is 11.7 Å². The maximum Gasteiger partial charge on any atom is 0.162 e. The van der Waals surface area contributed by atoms with Crippen LogP contribution in [0.5, 0.6) is 5.75 Å². The molecule has 0 fully saturated rings. The monoisotopic (exact) mass is 355 g/mol. The number of anilines is 3. The first-order valence-electron chi connectivity index (χ1n) is 7.90. The van der Waals surface area contributed by atoms with E-state index in [4.69, 9.17) is 22.1 Å². The van der Waals surface area contributed by atoms with Gasteiger partial charge in [0.2, 0.25) is 0 Å². The van der Waals surface area contributed by atoms with Gasteiger partial charge in [-0.3, -0.25) is 5.10 Å². The summed E-state index contributed by atoms with van der Waals surface area (Å²) in [5, 5.41) is 8.02. The summed E-state index contributed by atoms with van der Waals surface area (Å²) in [4.78, 5) is 4.21. The highest BCUT2D eigenvalue weighted by Gasteiger charge is 2.32. The molecule has 0 saturated heterocycles. The second kappa shape index (κ2) is 6.31. The van der Waals surface area contributed by atoms with E-state index in [-0.39, 0.29) is 6.17 Å². The van der Waals surface area contributed by atoms with Crippen molar-refractivity contribution in [2.75, 3.05) is 23.6 Å². The van der Waals surface area contributed by atoms with Gasteiger partial charge in [-0.15, -0.1) is 0 Å². The van der Waals surface area contributed by atoms with Crippen LogP contribution in [0.25, 0.3) is 0 Å². The minimum atomic E-state index is -0.295. The summed E-state index contributed by atoms with van der Waals surface area (Å²) in [7, 11) is 1.66. The van der Waals surface area contributed by atoms with Crippen molar-refractivity contribution >= 4 is 28.8 Å². The Morgan fingerprint density at radius 1 is 1.20 bits per heavy atom. The van der Waals surface area contributed by atoms with Crippen LogP contribution in [0.3, 0.4) is 0 Å². The third-order valence-electron chi connectivity index (χ3n) is 4.38. The number of nitrogens with two attached hydrogens (primary N) is 1. The van der Waals surface area contributed by atoms with E-state index >= 15 is 0 Å². The lowest BCUT2D eigenvalue weighted by Crippen LogP contribution is -2.46. The van der Waals surface area contributed by atoms with E-state index in [0.717, 1.165) is 28.5 Å². The molecule has 25 heavy (non-hydrogen) atoms. The topological polar surface area (TPSA) is 70.4 Å². The summed E-state index contributed by atoms with van der Waals surface area (Å²) < 4.78 is 5.35. The maximum atomic E-state index is 6.48. The normalized spacial score (nSPS) is 16.7. The molecule has 3 aromatic rings. The molecule has 1 unspecified atom stereocenters. The molecule has 0 bridgehead atoms. The third kappa shape index (κ3) is 2.79. The number of halogens is 1. The Morgan fingerprint density at radius 3 is 2.76 bits per heavy atom. The van der Waals surface area contributed by atoms with E-state index in [0.29, 0.717) is 11.7 Å². The Balaban J connectivity index is 1.77. The van der Waals surface area contributed by atoms with Crippen LogP contribution < -0.4 is 20.3 Å². The summed E-state index contributed by atoms with van der Waals surface area (Å²) in [6.45, 7) is 0.563. The lowest BCUT2D eigenvalue weighted by Gasteiger charge is -2.41. The molecule has 0 amide bonds. The van der Waals surface area contributed by atoms with Gasteiger partial charge in [-0.2, -0.15) is 5.10 Å². The fourth-order valence-electron chi connectivity index (χ4n) is 3.06. The van der Waals surface area contributed by atoms with Crippen LogP contribution >= 0.6 is 11.6 Å². The second-order valence-corrected chi connectivity index (χ2v) is 6.26. The van der Waals surface area contributed by atoms with Crippen LogP contribution in [-0.4, -0.2) is 24.0 Å². The van der Waals surface area contributed by atoms with Crippen molar-refractivity contribution in [3.8, 4) is 5.75 Å². The average molecular weight is 356 g/mol. The molecule has 1 aliphatic rings. The van der Waals surface area contributed by atoms with Crippen LogP contribution in [0.15, 0.2) is 54.7 Å². The molecular weight excluding hydrogens is 338 g/mol. The minimum absolute atomic E-state index is 0.295. The number of nitrogens with zero attached hydrogens (tertiary/aromatic N) is 3. The Bertz CT molecular complexity index is 879. The fourth-order valence-corrected chi connectivity index (χ4v) is 3.18. The average Bonchev–Trinajstić information content (AvgIpc) is 3.13. The number of fused-ring (bicyclic) bond motifs is 1. The van der Waals surface area contributed by atoms with Gasteiger partial charge in [-0.1, -0.05) is 17.7 Å². The van der Waals surface area contributed by atoms with Gasteiger partial charge in [0.15, 0.2) is 5.82 Å². The lowest BCUT2D eigenvalue weighted by atomic mass is 10.1. The predicted molar refractivity (Wildman–Crippen MR) is 99.4 cm³/mol. The molecule has 2 aromatic carbocycles. The van der Waals surface area contributed by atoms with E-state index in [9.17, 15) is 0 Å². The van der Waals surface area contributed by atoms with Crippen molar-refractivity contribution in [3.63, 3.8) is 0 Å². The van der Waals surface area contributed by atoms with Crippen LogP contribution in [0.2, 0.25) is 5.02 Å². The Kier molecular flexibility index (Phi) is 3.99. The molecule has 7 heteroatoms. The highest BCUT2D eigenvalue weighted by atomic mass is 35.5. The number of aromatic nitrogens is 2. The molecule has 0 radical (unpaired) electrons. The molecule has 0 spiro atoms. The van der Waals surface area contributed by atoms with E-state index in [1.54, 1.807) is 7.11 Å². The molecule has 1 aromatic heterocycles. The minimum Gasteiger partial charge on any atom is -0.497 e. The largest absolute Gasteiger partial charge is 0.497 e. The molecular formula is C18H18ClN5O. The Morgan fingerprint density at radius 2 is 2.00 bits per heavy atom.